The lowest BCUT2D eigenvalue weighted by Gasteiger charge is -2.05. The maximum absolute atomic E-state index is 11.4. The topological polar surface area (TPSA) is 69.4 Å². The highest BCUT2D eigenvalue weighted by Gasteiger charge is 2.13. The molecule has 19 heavy (non-hydrogen) atoms. The summed E-state index contributed by atoms with van der Waals surface area (Å²) in [7, 11) is 1.38. The fourth-order valence-corrected chi connectivity index (χ4v) is 2.66. The third-order valence-corrected chi connectivity index (χ3v) is 3.64. The summed E-state index contributed by atoms with van der Waals surface area (Å²) >= 11 is 1.43. The van der Waals surface area contributed by atoms with Gasteiger partial charge in [-0.15, -0.1) is 10.2 Å². The van der Waals surface area contributed by atoms with Gasteiger partial charge in [0.05, 0.1) is 13.5 Å². The maximum Gasteiger partial charge on any atom is 0.310 e. The van der Waals surface area contributed by atoms with Crippen LogP contribution in [0.25, 0.3) is 15.5 Å². The Morgan fingerprint density at radius 1 is 1.42 bits per heavy atom. The van der Waals surface area contributed by atoms with Gasteiger partial charge in [0.25, 0.3) is 0 Å². The van der Waals surface area contributed by atoms with E-state index in [1.165, 1.54) is 18.4 Å². The van der Waals surface area contributed by atoms with Crippen molar-refractivity contribution in [2.45, 2.75) is 6.42 Å². The molecule has 0 amide bonds. The molecule has 0 radical (unpaired) electrons. The van der Waals surface area contributed by atoms with Crippen molar-refractivity contribution in [2.24, 2.45) is 0 Å². The van der Waals surface area contributed by atoms with Gasteiger partial charge in [0.15, 0.2) is 0 Å². The molecule has 2 aromatic heterocycles. The van der Waals surface area contributed by atoms with Gasteiger partial charge in [-0.3, -0.25) is 4.79 Å². The highest BCUT2D eigenvalue weighted by molar-refractivity contribution is 7.19. The fourth-order valence-electron chi connectivity index (χ4n) is 1.78. The van der Waals surface area contributed by atoms with Crippen molar-refractivity contribution in [1.82, 2.24) is 19.8 Å². The number of esters is 1. The summed E-state index contributed by atoms with van der Waals surface area (Å²) in [5, 5.41) is 12.9. The number of methoxy groups -OCH3 is 1. The molecule has 0 aliphatic heterocycles. The van der Waals surface area contributed by atoms with Crippen molar-refractivity contribution in [3.8, 4) is 10.6 Å². The highest BCUT2D eigenvalue weighted by atomic mass is 32.1. The van der Waals surface area contributed by atoms with Gasteiger partial charge < -0.3 is 4.74 Å². The smallest absolute Gasteiger partial charge is 0.310 e. The average Bonchev–Trinajstić information content (AvgIpc) is 3.00. The van der Waals surface area contributed by atoms with Gasteiger partial charge in [-0.1, -0.05) is 35.6 Å². The number of nitrogens with zero attached hydrogens (tertiary/aromatic N) is 4. The van der Waals surface area contributed by atoms with E-state index < -0.39 is 0 Å². The maximum atomic E-state index is 11.4. The average molecular weight is 274 g/mol. The second-order valence-corrected chi connectivity index (χ2v) is 4.83. The second-order valence-electron chi connectivity index (χ2n) is 3.88. The summed E-state index contributed by atoms with van der Waals surface area (Å²) < 4.78 is 6.33. The van der Waals surface area contributed by atoms with E-state index in [2.05, 4.69) is 15.3 Å². The minimum Gasteiger partial charge on any atom is -0.469 e. The Hall–Kier alpha value is -2.28. The lowest BCUT2D eigenvalue weighted by atomic mass is 10.1. The molecule has 0 saturated carbocycles. The molecule has 7 heteroatoms. The summed E-state index contributed by atoms with van der Waals surface area (Å²) in [4.78, 5) is 12.1. The SMILES string of the molecule is COC(=O)Cc1ccccc1-c1nn2cnnc2s1. The van der Waals surface area contributed by atoms with E-state index in [9.17, 15) is 4.79 Å². The van der Waals surface area contributed by atoms with Gasteiger partial charge in [0.2, 0.25) is 4.96 Å². The van der Waals surface area contributed by atoms with Crippen LogP contribution in [0.5, 0.6) is 0 Å². The van der Waals surface area contributed by atoms with Crippen molar-refractivity contribution in [3.63, 3.8) is 0 Å². The molecule has 3 aromatic rings. The molecule has 0 aliphatic rings. The molecule has 0 bridgehead atoms. The summed E-state index contributed by atoms with van der Waals surface area (Å²) in [5.74, 6) is -0.268. The molecule has 1 aromatic carbocycles. The van der Waals surface area contributed by atoms with Gasteiger partial charge in [0.1, 0.15) is 11.3 Å². The number of hydrogen-bond donors (Lipinski definition) is 0. The Morgan fingerprint density at radius 3 is 3.05 bits per heavy atom. The van der Waals surface area contributed by atoms with Gasteiger partial charge >= 0.3 is 5.97 Å². The molecule has 0 N–H and O–H groups in total. The van der Waals surface area contributed by atoms with Crippen molar-refractivity contribution in [1.29, 1.82) is 0 Å². The van der Waals surface area contributed by atoms with Crippen LogP contribution in [0, 0.1) is 0 Å². The first-order valence-corrected chi connectivity index (χ1v) is 6.41. The van der Waals surface area contributed by atoms with E-state index >= 15 is 0 Å². The van der Waals surface area contributed by atoms with E-state index in [4.69, 9.17) is 4.74 Å². The van der Waals surface area contributed by atoms with E-state index in [0.717, 1.165) is 21.1 Å². The molecule has 6 nitrogen and oxygen atoms in total. The van der Waals surface area contributed by atoms with Gasteiger partial charge in [0, 0.05) is 5.56 Å². The molecule has 3 rings (SSSR count). The lowest BCUT2D eigenvalue weighted by molar-refractivity contribution is -0.139. The third kappa shape index (κ3) is 2.19. The Bertz CT molecular complexity index is 705. The lowest BCUT2D eigenvalue weighted by Crippen LogP contribution is -2.05. The molecule has 0 spiro atoms. The number of rotatable bonds is 3. The van der Waals surface area contributed by atoms with Crippen LogP contribution >= 0.6 is 11.3 Å². The van der Waals surface area contributed by atoms with Crippen LogP contribution in [0.15, 0.2) is 30.6 Å². The minimum absolute atomic E-state index is 0.229. The molecule has 0 fully saturated rings. The van der Waals surface area contributed by atoms with E-state index in [1.54, 1.807) is 10.8 Å². The zero-order chi connectivity index (χ0) is 13.2. The Balaban J connectivity index is 2.04. The largest absolute Gasteiger partial charge is 0.469 e. The molecule has 0 saturated heterocycles. The number of aromatic nitrogens is 4. The molecule has 0 aliphatic carbocycles. The van der Waals surface area contributed by atoms with Crippen LogP contribution in [0.4, 0.5) is 0 Å². The molecular weight excluding hydrogens is 264 g/mol. The molecule has 96 valence electrons. The van der Waals surface area contributed by atoms with Crippen LogP contribution in [-0.2, 0) is 16.0 Å². The first kappa shape index (κ1) is 11.8. The van der Waals surface area contributed by atoms with Crippen LogP contribution in [0.2, 0.25) is 0 Å². The van der Waals surface area contributed by atoms with Gasteiger partial charge in [-0.2, -0.15) is 9.61 Å². The number of carbonyl (C=O) groups is 1. The molecular formula is C12H10N4O2S. The number of benzene rings is 1. The monoisotopic (exact) mass is 274 g/mol. The number of ether oxygens (including phenoxy) is 1. The fraction of sp³-hybridized carbons (Fsp3) is 0.167. The van der Waals surface area contributed by atoms with Crippen LogP contribution in [0.3, 0.4) is 0 Å². The third-order valence-electron chi connectivity index (χ3n) is 2.70. The quantitative estimate of drug-likeness (QED) is 0.678. The van der Waals surface area contributed by atoms with Crippen molar-refractivity contribution in [3.05, 3.63) is 36.2 Å². The van der Waals surface area contributed by atoms with Crippen molar-refractivity contribution in [2.75, 3.05) is 7.11 Å². The van der Waals surface area contributed by atoms with E-state index in [0.29, 0.717) is 0 Å². The highest BCUT2D eigenvalue weighted by Crippen LogP contribution is 2.28. The number of fused-ring (bicyclic) bond motifs is 1. The zero-order valence-electron chi connectivity index (χ0n) is 10.1. The van der Waals surface area contributed by atoms with E-state index in [-0.39, 0.29) is 12.4 Å². The summed E-state index contributed by atoms with van der Waals surface area (Å²) in [5.41, 5.74) is 1.81. The van der Waals surface area contributed by atoms with Crippen LogP contribution < -0.4 is 0 Å². The number of hydrogen-bond acceptors (Lipinski definition) is 6. The summed E-state index contributed by atoms with van der Waals surface area (Å²) in [6, 6.07) is 7.64. The molecule has 0 unspecified atom stereocenters. The molecule has 0 atom stereocenters. The first-order valence-electron chi connectivity index (χ1n) is 5.60. The Kier molecular flexibility index (Phi) is 2.96. The van der Waals surface area contributed by atoms with Crippen LogP contribution in [0.1, 0.15) is 5.56 Å². The number of carbonyl (C=O) groups excluding carboxylic acids is 1. The Morgan fingerprint density at radius 2 is 2.26 bits per heavy atom. The summed E-state index contributed by atoms with van der Waals surface area (Å²) in [6.07, 6.45) is 1.78. The predicted octanol–water partition coefficient (Wildman–Crippen LogP) is 1.57. The van der Waals surface area contributed by atoms with Crippen LogP contribution in [-0.4, -0.2) is 32.9 Å². The first-order chi connectivity index (χ1) is 9.28. The zero-order valence-corrected chi connectivity index (χ0v) is 10.9. The standard InChI is InChI=1S/C12H10N4O2S/c1-18-10(17)6-8-4-2-3-5-9(8)11-15-16-7-13-14-12(16)19-11/h2-5,7H,6H2,1H3. The van der Waals surface area contributed by atoms with Crippen molar-refractivity contribution < 1.29 is 9.53 Å². The molecule has 2 heterocycles. The summed E-state index contributed by atoms with van der Waals surface area (Å²) in [6.45, 7) is 0. The minimum atomic E-state index is -0.268. The van der Waals surface area contributed by atoms with Crippen molar-refractivity contribution >= 4 is 22.3 Å². The van der Waals surface area contributed by atoms with E-state index in [1.807, 2.05) is 24.3 Å². The normalized spacial score (nSPS) is 10.8. The Labute approximate surface area is 112 Å². The van der Waals surface area contributed by atoms with Gasteiger partial charge in [-0.25, -0.2) is 0 Å². The predicted molar refractivity (Wildman–Crippen MR) is 69.8 cm³/mol. The second kappa shape index (κ2) is 4.77. The van der Waals surface area contributed by atoms with Gasteiger partial charge in [-0.05, 0) is 5.56 Å².